The molecule has 0 aromatic heterocycles. The molecule has 1 aliphatic rings. The van der Waals surface area contributed by atoms with E-state index in [9.17, 15) is 18.0 Å². The van der Waals surface area contributed by atoms with Crippen LogP contribution in [0, 0.1) is 0 Å². The second-order valence-corrected chi connectivity index (χ2v) is 10.8. The summed E-state index contributed by atoms with van der Waals surface area (Å²) in [5.74, 6) is -0.931. The van der Waals surface area contributed by atoms with Crippen LogP contribution in [0.2, 0.25) is 0 Å². The highest BCUT2D eigenvalue weighted by molar-refractivity contribution is 7.88. The number of hydrogen-bond acceptors (Lipinski definition) is 7. The molecule has 0 aliphatic carbocycles. The predicted octanol–water partition coefficient (Wildman–Crippen LogP) is 3.05. The smallest absolute Gasteiger partial charge is 0.300 e. The van der Waals surface area contributed by atoms with E-state index in [1.165, 1.54) is 11.9 Å². The van der Waals surface area contributed by atoms with Gasteiger partial charge in [0.25, 0.3) is 0 Å². The summed E-state index contributed by atoms with van der Waals surface area (Å²) in [5, 5.41) is 8.96. The summed E-state index contributed by atoms with van der Waals surface area (Å²) in [7, 11) is -3.50. The summed E-state index contributed by atoms with van der Waals surface area (Å²) in [5.41, 5.74) is 1.46. The Hall–Kier alpha value is -4.06. The van der Waals surface area contributed by atoms with Crippen molar-refractivity contribution in [2.45, 2.75) is 25.9 Å². The van der Waals surface area contributed by atoms with Crippen molar-refractivity contribution in [2.24, 2.45) is 5.10 Å². The monoisotopic (exact) mass is 550 g/mol. The summed E-state index contributed by atoms with van der Waals surface area (Å²) < 4.78 is 26.3. The fourth-order valence-electron chi connectivity index (χ4n) is 4.50. The molecule has 1 atom stereocenters. The van der Waals surface area contributed by atoms with E-state index in [4.69, 9.17) is 5.10 Å². The van der Waals surface area contributed by atoms with Crippen LogP contribution in [0.25, 0.3) is 0 Å². The van der Waals surface area contributed by atoms with Crippen LogP contribution in [-0.4, -0.2) is 51.0 Å². The molecule has 39 heavy (non-hydrogen) atoms. The van der Waals surface area contributed by atoms with E-state index >= 15 is 0 Å². The lowest BCUT2D eigenvalue weighted by Gasteiger charge is -2.42. The maximum absolute atomic E-state index is 14.5. The van der Waals surface area contributed by atoms with Crippen LogP contribution in [0.15, 0.2) is 90.0 Å². The molecule has 0 spiro atoms. The average Bonchev–Trinajstić information content (AvgIpc) is 3.19. The lowest BCUT2D eigenvalue weighted by atomic mass is 9.93. The molecule has 3 aromatic rings. The highest BCUT2D eigenvalue weighted by atomic mass is 32.2. The van der Waals surface area contributed by atoms with Crippen molar-refractivity contribution in [3.63, 3.8) is 0 Å². The van der Waals surface area contributed by atoms with Gasteiger partial charge in [-0.15, -0.1) is 0 Å². The number of rotatable bonds is 10. The predicted molar refractivity (Wildman–Crippen MR) is 154 cm³/mol. The van der Waals surface area contributed by atoms with Gasteiger partial charge >= 0.3 is 5.91 Å². The van der Waals surface area contributed by atoms with Gasteiger partial charge in [0, 0.05) is 31.3 Å². The Morgan fingerprint density at radius 1 is 0.974 bits per heavy atom. The summed E-state index contributed by atoms with van der Waals surface area (Å²) in [6.45, 7) is 3.45. The van der Waals surface area contributed by atoms with Gasteiger partial charge in [-0.05, 0) is 36.2 Å². The molecular weight excluding hydrogens is 516 g/mol. The van der Waals surface area contributed by atoms with Crippen molar-refractivity contribution in [3.05, 3.63) is 96.1 Å². The first kappa shape index (κ1) is 29.5. The average molecular weight is 551 g/mol. The Labute approximate surface area is 229 Å². The third-order valence-corrected chi connectivity index (χ3v) is 6.94. The van der Waals surface area contributed by atoms with Crippen LogP contribution in [-0.2, 0) is 26.0 Å². The molecule has 0 saturated heterocycles. The fraction of sp³-hybridized carbons (Fsp3) is 0.250. The minimum atomic E-state index is -3.50. The molecule has 1 unspecified atom stereocenters. The van der Waals surface area contributed by atoms with Gasteiger partial charge < -0.3 is 16.4 Å². The minimum absolute atomic E-state index is 0. The summed E-state index contributed by atoms with van der Waals surface area (Å²) in [4.78, 5) is 28.9. The Bertz CT molecular complexity index is 1430. The van der Waals surface area contributed by atoms with Gasteiger partial charge in [0.15, 0.2) is 0 Å². The number of carbonyl (C=O) groups excluding carboxylic acids is 2. The molecule has 0 radical (unpaired) electrons. The Balaban J connectivity index is 0.00000420. The first-order chi connectivity index (χ1) is 18.2. The number of carbonyl (C=O) groups is 2. The molecule has 0 fully saturated rings. The SMILES string of the molecule is CCc1ccc(N(CCNS(C)(=O)=O)C2(NC(C)=O)C(=O)N(c3ccccc3)N=C2c2ccccc2)cc1.N. The number of nitrogens with zero attached hydrogens (tertiary/aromatic N) is 3. The van der Waals surface area contributed by atoms with E-state index < -0.39 is 27.5 Å². The highest BCUT2D eigenvalue weighted by Gasteiger charge is 2.57. The lowest BCUT2D eigenvalue weighted by Crippen LogP contribution is -2.70. The Morgan fingerprint density at radius 2 is 1.56 bits per heavy atom. The van der Waals surface area contributed by atoms with E-state index in [-0.39, 0.29) is 19.2 Å². The van der Waals surface area contributed by atoms with Crippen LogP contribution < -0.4 is 26.1 Å². The van der Waals surface area contributed by atoms with E-state index in [2.05, 4.69) is 10.0 Å². The highest BCUT2D eigenvalue weighted by Crippen LogP contribution is 2.35. The number of sulfonamides is 1. The quantitative estimate of drug-likeness (QED) is 0.331. The molecule has 1 aliphatic heterocycles. The van der Waals surface area contributed by atoms with E-state index in [0.717, 1.165) is 18.2 Å². The molecule has 10 nitrogen and oxygen atoms in total. The van der Waals surface area contributed by atoms with Crippen molar-refractivity contribution in [1.29, 1.82) is 0 Å². The number of hydrazone groups is 1. The third kappa shape index (κ3) is 6.33. The molecule has 0 saturated carbocycles. The molecule has 0 bridgehead atoms. The van der Waals surface area contributed by atoms with Crippen LogP contribution in [0.1, 0.15) is 25.0 Å². The van der Waals surface area contributed by atoms with Gasteiger partial charge in [0.1, 0.15) is 5.71 Å². The topological polar surface area (TPSA) is 146 Å². The second-order valence-electron chi connectivity index (χ2n) is 9.00. The molecule has 3 aromatic carbocycles. The fourth-order valence-corrected chi connectivity index (χ4v) is 4.96. The van der Waals surface area contributed by atoms with Crippen molar-refractivity contribution in [1.82, 2.24) is 16.2 Å². The van der Waals surface area contributed by atoms with E-state index in [1.54, 1.807) is 29.2 Å². The maximum atomic E-state index is 14.5. The van der Waals surface area contributed by atoms with Gasteiger partial charge in [-0.1, -0.05) is 67.6 Å². The zero-order valence-electron chi connectivity index (χ0n) is 22.3. The normalized spacial score (nSPS) is 16.8. The Morgan fingerprint density at radius 3 is 2.10 bits per heavy atom. The second kappa shape index (κ2) is 12.2. The van der Waals surface area contributed by atoms with Gasteiger partial charge in [-0.3, -0.25) is 9.59 Å². The number of benzene rings is 3. The van der Waals surface area contributed by atoms with Crippen LogP contribution >= 0.6 is 0 Å². The Kier molecular flexibility index (Phi) is 9.23. The number of para-hydroxylation sites is 1. The number of amides is 2. The first-order valence-electron chi connectivity index (χ1n) is 12.3. The summed E-state index contributed by atoms with van der Waals surface area (Å²) in [6, 6.07) is 25.8. The zero-order valence-corrected chi connectivity index (χ0v) is 23.1. The van der Waals surface area contributed by atoms with Gasteiger partial charge in [0.2, 0.25) is 21.6 Å². The third-order valence-electron chi connectivity index (χ3n) is 6.21. The van der Waals surface area contributed by atoms with Crippen LogP contribution in [0.5, 0.6) is 0 Å². The lowest BCUT2D eigenvalue weighted by molar-refractivity contribution is -0.127. The van der Waals surface area contributed by atoms with Crippen molar-refractivity contribution in [2.75, 3.05) is 29.3 Å². The number of aryl methyl sites for hydroxylation is 1. The van der Waals surface area contributed by atoms with E-state index in [1.807, 2.05) is 67.6 Å². The summed E-state index contributed by atoms with van der Waals surface area (Å²) in [6.07, 6.45) is 1.90. The molecule has 4 rings (SSSR count). The zero-order chi connectivity index (χ0) is 27.3. The van der Waals surface area contributed by atoms with E-state index in [0.29, 0.717) is 22.6 Å². The largest absolute Gasteiger partial charge is 0.344 e. The van der Waals surface area contributed by atoms with Crippen LogP contribution in [0.4, 0.5) is 11.4 Å². The summed E-state index contributed by atoms with van der Waals surface area (Å²) >= 11 is 0. The van der Waals surface area contributed by atoms with Gasteiger partial charge in [-0.2, -0.15) is 10.1 Å². The number of nitrogens with one attached hydrogen (secondary N) is 2. The van der Waals surface area contributed by atoms with Crippen molar-refractivity contribution in [3.8, 4) is 0 Å². The molecule has 2 amide bonds. The standard InChI is InChI=1S/C28H31N5O4S.H3N/c1-4-22-15-17-24(18-16-22)32(20-19-29-38(3,36)37)28(30-21(2)34)26(23-11-7-5-8-12-23)31-33(27(28)35)25-13-9-6-10-14-25;/h5-18,29H,4,19-20H2,1-3H3,(H,30,34);1H3. The van der Waals surface area contributed by atoms with Crippen molar-refractivity contribution < 1.29 is 18.0 Å². The van der Waals surface area contributed by atoms with Crippen LogP contribution in [0.3, 0.4) is 0 Å². The first-order valence-corrected chi connectivity index (χ1v) is 14.2. The number of hydrogen-bond donors (Lipinski definition) is 3. The molecule has 1 heterocycles. The minimum Gasteiger partial charge on any atom is -0.344 e. The molecule has 5 N–H and O–H groups in total. The molecule has 206 valence electrons. The maximum Gasteiger partial charge on any atom is 0.300 e. The van der Waals surface area contributed by atoms with Gasteiger partial charge in [0.05, 0.1) is 11.9 Å². The number of anilines is 2. The van der Waals surface area contributed by atoms with Crippen molar-refractivity contribution >= 4 is 38.9 Å². The van der Waals surface area contributed by atoms with Gasteiger partial charge in [-0.25, -0.2) is 13.1 Å². The molecular formula is C28H34N6O4S. The molecule has 11 heteroatoms.